The van der Waals surface area contributed by atoms with E-state index >= 15 is 0 Å². The van der Waals surface area contributed by atoms with Crippen LogP contribution in [-0.4, -0.2) is 68.5 Å². The number of aromatic nitrogens is 3. The van der Waals surface area contributed by atoms with Crippen molar-refractivity contribution >= 4 is 35.2 Å². The van der Waals surface area contributed by atoms with Crippen molar-refractivity contribution in [2.45, 2.75) is 36.2 Å². The second-order valence-electron chi connectivity index (χ2n) is 8.57. The van der Waals surface area contributed by atoms with Gasteiger partial charge in [-0.05, 0) is 61.4 Å². The van der Waals surface area contributed by atoms with Crippen molar-refractivity contribution in [2.24, 2.45) is 0 Å². The van der Waals surface area contributed by atoms with Crippen molar-refractivity contribution in [2.75, 3.05) is 30.8 Å². The third-order valence-electron chi connectivity index (χ3n) is 6.44. The van der Waals surface area contributed by atoms with E-state index < -0.39 is 6.09 Å². The van der Waals surface area contributed by atoms with Crippen molar-refractivity contribution in [3.63, 3.8) is 0 Å². The van der Waals surface area contributed by atoms with Crippen LogP contribution in [-0.2, 0) is 0 Å². The minimum Gasteiger partial charge on any atom is -0.465 e. The fourth-order valence-electron chi connectivity index (χ4n) is 4.76. The Bertz CT molecular complexity index is 1250. The molecule has 0 radical (unpaired) electrons. The van der Waals surface area contributed by atoms with Crippen molar-refractivity contribution in [3.05, 3.63) is 53.6 Å². The molecule has 2 N–H and O–H groups in total. The molecule has 0 bridgehead atoms. The first kappa shape index (κ1) is 22.5. The summed E-state index contributed by atoms with van der Waals surface area (Å²) in [6, 6.07) is 8.57. The summed E-state index contributed by atoms with van der Waals surface area (Å²) in [4.78, 5) is 32.7. The highest BCUT2D eigenvalue weighted by Gasteiger charge is 2.30. The molecule has 4 heterocycles. The van der Waals surface area contributed by atoms with Crippen LogP contribution in [0.3, 0.4) is 0 Å². The van der Waals surface area contributed by atoms with E-state index in [4.69, 9.17) is 10.2 Å². The fourth-order valence-corrected chi connectivity index (χ4v) is 5.25. The maximum absolute atomic E-state index is 14.2. The third-order valence-corrected chi connectivity index (χ3v) is 7.14. The number of nitrogens with zero attached hydrogens (tertiary/aromatic N) is 5. The highest BCUT2D eigenvalue weighted by molar-refractivity contribution is 7.98. The second kappa shape index (κ2) is 9.13. The molecule has 1 aromatic carbocycles. The highest BCUT2D eigenvalue weighted by Crippen LogP contribution is 2.36. The molecule has 2 fully saturated rings. The lowest BCUT2D eigenvalue weighted by atomic mass is 10.0. The van der Waals surface area contributed by atoms with Crippen molar-refractivity contribution in [1.82, 2.24) is 24.8 Å². The van der Waals surface area contributed by atoms with Gasteiger partial charge in [0, 0.05) is 30.6 Å². The average Bonchev–Trinajstić information content (AvgIpc) is 3.57. The molecule has 2 aliphatic heterocycles. The van der Waals surface area contributed by atoms with Gasteiger partial charge in [0.1, 0.15) is 11.6 Å². The summed E-state index contributed by atoms with van der Waals surface area (Å²) < 4.78 is 15.7. The molecule has 178 valence electrons. The summed E-state index contributed by atoms with van der Waals surface area (Å²) in [5, 5.41) is 16.7. The second-order valence-corrected chi connectivity index (χ2v) is 9.45. The smallest absolute Gasteiger partial charge is 0.407 e. The molecule has 2 aromatic heterocycles. The Hall–Kier alpha value is -3.34. The van der Waals surface area contributed by atoms with E-state index in [1.165, 1.54) is 33.4 Å². The minimum atomic E-state index is -0.985. The van der Waals surface area contributed by atoms with Gasteiger partial charge in [-0.3, -0.25) is 4.79 Å². The Morgan fingerprint density at radius 2 is 2.06 bits per heavy atom. The zero-order valence-electron chi connectivity index (χ0n) is 18.6. The summed E-state index contributed by atoms with van der Waals surface area (Å²) >= 11 is 1.51. The number of imidazole rings is 1. The van der Waals surface area contributed by atoms with Gasteiger partial charge in [0.15, 0.2) is 11.3 Å². The van der Waals surface area contributed by atoms with Gasteiger partial charge in [-0.25, -0.2) is 18.7 Å². The molecule has 11 heteroatoms. The van der Waals surface area contributed by atoms with Crippen LogP contribution in [0.1, 0.15) is 41.4 Å². The number of anilines is 1. The van der Waals surface area contributed by atoms with E-state index in [0.29, 0.717) is 24.4 Å². The Morgan fingerprint density at radius 1 is 1.21 bits per heavy atom. The maximum atomic E-state index is 14.2. The van der Waals surface area contributed by atoms with E-state index in [1.807, 2.05) is 24.5 Å². The van der Waals surface area contributed by atoms with Gasteiger partial charge in [0.2, 0.25) is 0 Å². The number of fused-ring (bicyclic) bond motifs is 1. The number of amides is 2. The van der Waals surface area contributed by atoms with Crippen LogP contribution in [0.25, 0.3) is 5.65 Å². The van der Waals surface area contributed by atoms with Crippen LogP contribution in [0, 0.1) is 5.82 Å². The summed E-state index contributed by atoms with van der Waals surface area (Å²) in [6.45, 7) is 1.43. The lowest BCUT2D eigenvalue weighted by Gasteiger charge is -2.26. The molecule has 0 aliphatic carbocycles. The van der Waals surface area contributed by atoms with Crippen LogP contribution < -0.4 is 10.2 Å². The van der Waals surface area contributed by atoms with Crippen molar-refractivity contribution in [1.29, 1.82) is 0 Å². The average molecular weight is 485 g/mol. The van der Waals surface area contributed by atoms with Crippen molar-refractivity contribution < 1.29 is 19.1 Å². The number of benzene rings is 1. The molecule has 5 rings (SSSR count). The Balaban J connectivity index is 1.40. The van der Waals surface area contributed by atoms with Gasteiger partial charge in [-0.1, -0.05) is 0 Å². The van der Waals surface area contributed by atoms with Crippen LogP contribution in [0.15, 0.2) is 41.4 Å². The van der Waals surface area contributed by atoms with E-state index in [0.717, 1.165) is 29.8 Å². The number of carbonyl (C=O) groups is 2. The summed E-state index contributed by atoms with van der Waals surface area (Å²) in [7, 11) is 0. The molecule has 0 saturated carbocycles. The fraction of sp³-hybridized carbons (Fsp3) is 0.391. The molecular weight excluding hydrogens is 459 g/mol. The standard InChI is InChI=1S/C23H25FN6O3S/c1-34-17-10-14(9-15(24)11-17)18-3-2-7-29(18)21-5-4-20-25-12-19(30(20)27-21)22(31)26-16-6-8-28(13-16)23(32)33/h4-5,9-12,16,18H,2-3,6-8,13H2,1H3,(H,26,31)(H,32,33)/t16-,18+/m0/s1. The highest BCUT2D eigenvalue weighted by atomic mass is 32.2. The number of hydrogen-bond acceptors (Lipinski definition) is 6. The number of halogens is 1. The molecule has 2 saturated heterocycles. The first-order valence-electron chi connectivity index (χ1n) is 11.2. The Morgan fingerprint density at radius 3 is 2.82 bits per heavy atom. The molecular formula is C23H25FN6O3S. The molecule has 2 amide bonds. The molecule has 2 aliphatic rings. The molecule has 2 atom stereocenters. The largest absolute Gasteiger partial charge is 0.465 e. The molecule has 34 heavy (non-hydrogen) atoms. The van der Waals surface area contributed by atoms with Crippen LogP contribution in [0.5, 0.6) is 0 Å². The monoisotopic (exact) mass is 484 g/mol. The van der Waals surface area contributed by atoms with Crippen molar-refractivity contribution in [3.8, 4) is 0 Å². The SMILES string of the molecule is CSc1cc(F)cc([C@H]2CCCN2c2ccc3ncc(C(=O)N[C@H]4CCN(C(=O)O)C4)n3n2)c1. The number of rotatable bonds is 5. The first-order chi connectivity index (χ1) is 16.4. The Labute approximate surface area is 199 Å². The maximum Gasteiger partial charge on any atom is 0.407 e. The topological polar surface area (TPSA) is 103 Å². The normalized spacial score (nSPS) is 20.3. The first-order valence-corrected chi connectivity index (χ1v) is 12.4. The Kier molecular flexibility index (Phi) is 6.03. The number of likely N-dealkylation sites (tertiary alicyclic amines) is 1. The zero-order valence-corrected chi connectivity index (χ0v) is 19.5. The van der Waals surface area contributed by atoms with Gasteiger partial charge < -0.3 is 20.2 Å². The number of nitrogens with one attached hydrogen (secondary N) is 1. The van der Waals surface area contributed by atoms with Crippen LogP contribution >= 0.6 is 11.8 Å². The number of carboxylic acid groups (broad SMARTS) is 1. The summed E-state index contributed by atoms with van der Waals surface area (Å²) in [5.74, 6) is 0.0936. The van der Waals surface area contributed by atoms with Gasteiger partial charge in [0.25, 0.3) is 5.91 Å². The van der Waals surface area contributed by atoms with Crippen LogP contribution in [0.2, 0.25) is 0 Å². The van der Waals surface area contributed by atoms with Gasteiger partial charge >= 0.3 is 6.09 Å². The quantitative estimate of drug-likeness (QED) is 0.535. The number of carbonyl (C=O) groups excluding carboxylic acids is 1. The van der Waals surface area contributed by atoms with Gasteiger partial charge in [0.05, 0.1) is 12.2 Å². The minimum absolute atomic E-state index is 0.00663. The van der Waals surface area contributed by atoms with Gasteiger partial charge in [-0.15, -0.1) is 16.9 Å². The molecule has 9 nitrogen and oxygen atoms in total. The van der Waals surface area contributed by atoms with E-state index in [-0.39, 0.29) is 36.0 Å². The molecule has 3 aromatic rings. The van der Waals surface area contributed by atoms with E-state index in [9.17, 15) is 14.0 Å². The van der Waals surface area contributed by atoms with Crippen LogP contribution in [0.4, 0.5) is 15.0 Å². The number of hydrogen-bond donors (Lipinski definition) is 2. The molecule has 0 spiro atoms. The van der Waals surface area contributed by atoms with E-state index in [1.54, 1.807) is 6.07 Å². The predicted octanol–water partition coefficient (Wildman–Crippen LogP) is 3.41. The van der Waals surface area contributed by atoms with Gasteiger partial charge in [-0.2, -0.15) is 0 Å². The lowest BCUT2D eigenvalue weighted by molar-refractivity contribution is 0.0928. The summed E-state index contributed by atoms with van der Waals surface area (Å²) in [6.07, 6.45) is 4.82. The predicted molar refractivity (Wildman–Crippen MR) is 126 cm³/mol. The zero-order chi connectivity index (χ0) is 23.8. The molecule has 0 unspecified atom stereocenters. The van der Waals surface area contributed by atoms with E-state index in [2.05, 4.69) is 15.2 Å². The lowest BCUT2D eigenvalue weighted by Crippen LogP contribution is -2.38. The third kappa shape index (κ3) is 4.27. The summed E-state index contributed by atoms with van der Waals surface area (Å²) in [5.41, 5.74) is 1.74. The number of thioether (sulfide) groups is 1.